The Morgan fingerprint density at radius 2 is 2.00 bits per heavy atom. The fourth-order valence-corrected chi connectivity index (χ4v) is 3.87. The highest BCUT2D eigenvalue weighted by Gasteiger charge is 2.28. The Morgan fingerprint density at radius 3 is 2.78 bits per heavy atom. The first kappa shape index (κ1) is 17.6. The Balaban J connectivity index is 1.55. The normalized spacial score (nSPS) is 19.1. The van der Waals surface area contributed by atoms with Crippen molar-refractivity contribution >= 4 is 5.69 Å². The number of ether oxygens (including phenoxy) is 3. The van der Waals surface area contributed by atoms with Gasteiger partial charge in [-0.2, -0.15) is 0 Å². The number of nitrogens with zero attached hydrogens (tertiary/aromatic N) is 2. The number of hydrogen-bond acceptors (Lipinski definition) is 6. The molecule has 0 amide bonds. The van der Waals surface area contributed by atoms with Gasteiger partial charge >= 0.3 is 5.69 Å². The predicted molar refractivity (Wildman–Crippen MR) is 99.5 cm³/mol. The van der Waals surface area contributed by atoms with Crippen molar-refractivity contribution in [1.82, 2.24) is 4.90 Å². The van der Waals surface area contributed by atoms with Gasteiger partial charge in [0, 0.05) is 18.7 Å². The maximum Gasteiger partial charge on any atom is 0.311 e. The van der Waals surface area contributed by atoms with E-state index < -0.39 is 4.92 Å². The van der Waals surface area contributed by atoms with Crippen LogP contribution in [0.1, 0.15) is 30.0 Å². The summed E-state index contributed by atoms with van der Waals surface area (Å²) in [7, 11) is 1.44. The smallest absolute Gasteiger partial charge is 0.311 e. The fourth-order valence-electron chi connectivity index (χ4n) is 3.87. The number of rotatable bonds is 5. The molecule has 0 saturated carbocycles. The van der Waals surface area contributed by atoms with Gasteiger partial charge in [0.2, 0.25) is 0 Å². The summed E-state index contributed by atoms with van der Waals surface area (Å²) in [5.74, 6) is 1.87. The first-order valence-electron chi connectivity index (χ1n) is 9.10. The molecule has 1 unspecified atom stereocenters. The van der Waals surface area contributed by atoms with Crippen LogP contribution in [0.5, 0.6) is 17.2 Å². The van der Waals surface area contributed by atoms with Gasteiger partial charge in [-0.15, -0.1) is 0 Å². The monoisotopic (exact) mass is 370 g/mol. The van der Waals surface area contributed by atoms with Crippen molar-refractivity contribution in [3.05, 3.63) is 57.6 Å². The third kappa shape index (κ3) is 3.55. The van der Waals surface area contributed by atoms with Crippen LogP contribution in [0, 0.1) is 10.1 Å². The second kappa shape index (κ2) is 7.44. The van der Waals surface area contributed by atoms with Gasteiger partial charge in [0.05, 0.1) is 12.0 Å². The molecule has 0 aliphatic carbocycles. The summed E-state index contributed by atoms with van der Waals surface area (Å²) in [5, 5.41) is 11.3. The van der Waals surface area contributed by atoms with E-state index in [4.69, 9.17) is 14.2 Å². The van der Waals surface area contributed by atoms with Gasteiger partial charge in [-0.25, -0.2) is 0 Å². The Labute approximate surface area is 157 Å². The molecule has 1 saturated heterocycles. The molecule has 4 rings (SSSR count). The Kier molecular flexibility index (Phi) is 4.85. The predicted octanol–water partition coefficient (Wildman–Crippen LogP) is 3.71. The quantitative estimate of drug-likeness (QED) is 0.590. The molecule has 2 aliphatic rings. The minimum absolute atomic E-state index is 0.00470. The van der Waals surface area contributed by atoms with E-state index in [0.717, 1.165) is 36.4 Å². The standard InChI is InChI=1S/C20H22N2O5/c1-25-18-6-4-14(11-17(18)22(23)24)13-21-8-2-3-16(21)15-5-7-19-20(12-15)27-10-9-26-19/h4-7,11-12,16H,2-3,8-10,13H2,1H3. The van der Waals surface area contributed by atoms with E-state index in [9.17, 15) is 10.1 Å². The first-order chi connectivity index (χ1) is 13.2. The van der Waals surface area contributed by atoms with Gasteiger partial charge in [0.15, 0.2) is 17.2 Å². The fraction of sp³-hybridized carbons (Fsp3) is 0.400. The van der Waals surface area contributed by atoms with Crippen LogP contribution in [-0.4, -0.2) is 36.7 Å². The van der Waals surface area contributed by atoms with Crippen LogP contribution in [-0.2, 0) is 6.54 Å². The summed E-state index contributed by atoms with van der Waals surface area (Å²) >= 11 is 0. The Hall–Kier alpha value is -2.80. The second-order valence-corrected chi connectivity index (χ2v) is 6.79. The van der Waals surface area contributed by atoms with E-state index in [0.29, 0.717) is 19.8 Å². The van der Waals surface area contributed by atoms with Crippen LogP contribution in [0.2, 0.25) is 0 Å². The number of hydrogen-bond donors (Lipinski definition) is 0. The maximum absolute atomic E-state index is 11.3. The van der Waals surface area contributed by atoms with E-state index in [1.165, 1.54) is 12.7 Å². The van der Waals surface area contributed by atoms with Crippen LogP contribution < -0.4 is 14.2 Å². The minimum Gasteiger partial charge on any atom is -0.490 e. The summed E-state index contributed by atoms with van der Waals surface area (Å²) in [6.07, 6.45) is 2.15. The molecule has 2 aliphatic heterocycles. The van der Waals surface area contributed by atoms with Gasteiger partial charge in [0.1, 0.15) is 13.2 Å². The number of nitro groups is 1. The average Bonchev–Trinajstić information content (AvgIpc) is 3.15. The zero-order chi connectivity index (χ0) is 18.8. The van der Waals surface area contributed by atoms with E-state index in [1.54, 1.807) is 12.1 Å². The van der Waals surface area contributed by atoms with Gasteiger partial charge in [-0.1, -0.05) is 12.1 Å². The molecule has 27 heavy (non-hydrogen) atoms. The van der Waals surface area contributed by atoms with Crippen molar-refractivity contribution in [3.8, 4) is 17.2 Å². The van der Waals surface area contributed by atoms with Crippen LogP contribution in [0.4, 0.5) is 5.69 Å². The third-order valence-electron chi connectivity index (χ3n) is 5.14. The molecule has 1 atom stereocenters. The lowest BCUT2D eigenvalue weighted by Crippen LogP contribution is -2.23. The molecular weight excluding hydrogens is 348 g/mol. The maximum atomic E-state index is 11.3. The minimum atomic E-state index is -0.398. The van der Waals surface area contributed by atoms with Crippen molar-refractivity contribution in [3.63, 3.8) is 0 Å². The number of benzene rings is 2. The van der Waals surface area contributed by atoms with Crippen molar-refractivity contribution in [2.45, 2.75) is 25.4 Å². The number of methoxy groups -OCH3 is 1. The molecule has 7 heteroatoms. The number of fused-ring (bicyclic) bond motifs is 1. The molecule has 0 aromatic heterocycles. The van der Waals surface area contributed by atoms with Gasteiger partial charge in [-0.05, 0) is 48.7 Å². The topological polar surface area (TPSA) is 74.1 Å². The molecule has 2 heterocycles. The van der Waals surface area contributed by atoms with Crippen LogP contribution in [0.25, 0.3) is 0 Å². The van der Waals surface area contributed by atoms with Crippen LogP contribution in [0.15, 0.2) is 36.4 Å². The first-order valence-corrected chi connectivity index (χ1v) is 9.10. The molecule has 1 fully saturated rings. The van der Waals surface area contributed by atoms with Crippen molar-refractivity contribution in [2.24, 2.45) is 0 Å². The summed E-state index contributed by atoms with van der Waals surface area (Å²) < 4.78 is 16.4. The molecule has 7 nitrogen and oxygen atoms in total. The number of likely N-dealkylation sites (tertiary alicyclic amines) is 1. The summed E-state index contributed by atoms with van der Waals surface area (Å²) in [6.45, 7) is 2.77. The molecule has 2 aromatic rings. The third-order valence-corrected chi connectivity index (χ3v) is 5.14. The SMILES string of the molecule is COc1ccc(CN2CCCC2c2ccc3c(c2)OCCO3)cc1[N+](=O)[O-]. The summed E-state index contributed by atoms with van der Waals surface area (Å²) in [4.78, 5) is 13.2. The molecular formula is C20H22N2O5. The lowest BCUT2D eigenvalue weighted by molar-refractivity contribution is -0.385. The van der Waals surface area contributed by atoms with E-state index >= 15 is 0 Å². The Morgan fingerprint density at radius 1 is 1.19 bits per heavy atom. The zero-order valence-corrected chi connectivity index (χ0v) is 15.2. The molecule has 0 spiro atoms. The highest BCUT2D eigenvalue weighted by molar-refractivity contribution is 5.49. The average molecular weight is 370 g/mol. The summed E-state index contributed by atoms with van der Waals surface area (Å²) in [5.41, 5.74) is 2.11. The van der Waals surface area contributed by atoms with E-state index in [-0.39, 0.29) is 17.5 Å². The molecule has 0 N–H and O–H groups in total. The van der Waals surface area contributed by atoms with E-state index in [2.05, 4.69) is 17.0 Å². The van der Waals surface area contributed by atoms with Gasteiger partial charge in [-0.3, -0.25) is 15.0 Å². The number of nitro benzene ring substituents is 1. The Bertz CT molecular complexity index is 854. The molecule has 0 radical (unpaired) electrons. The van der Waals surface area contributed by atoms with Crippen LogP contribution >= 0.6 is 0 Å². The van der Waals surface area contributed by atoms with Crippen molar-refractivity contribution < 1.29 is 19.1 Å². The molecule has 2 aromatic carbocycles. The summed E-state index contributed by atoms with van der Waals surface area (Å²) in [6, 6.07) is 11.6. The lowest BCUT2D eigenvalue weighted by Gasteiger charge is -2.26. The molecule has 142 valence electrons. The lowest BCUT2D eigenvalue weighted by atomic mass is 10.0. The van der Waals surface area contributed by atoms with E-state index in [1.807, 2.05) is 12.1 Å². The largest absolute Gasteiger partial charge is 0.490 e. The van der Waals surface area contributed by atoms with Crippen LogP contribution in [0.3, 0.4) is 0 Å². The highest BCUT2D eigenvalue weighted by atomic mass is 16.6. The zero-order valence-electron chi connectivity index (χ0n) is 15.2. The second-order valence-electron chi connectivity index (χ2n) is 6.79. The van der Waals surface area contributed by atoms with Gasteiger partial charge < -0.3 is 14.2 Å². The van der Waals surface area contributed by atoms with Gasteiger partial charge in [0.25, 0.3) is 0 Å². The van der Waals surface area contributed by atoms with Crippen molar-refractivity contribution in [1.29, 1.82) is 0 Å². The molecule has 0 bridgehead atoms. The van der Waals surface area contributed by atoms with Crippen molar-refractivity contribution in [2.75, 3.05) is 26.9 Å². The highest BCUT2D eigenvalue weighted by Crippen LogP contribution is 2.39.